The number of amides is 2. The minimum atomic E-state index is -0.561. The first kappa shape index (κ1) is 17.4. The SMILES string of the molecule is CC(C)(C)OC(=O)CO[C@@H]1C=CC(N2C(=O)c3ccccc3C2=O)C1. The highest BCUT2D eigenvalue weighted by molar-refractivity contribution is 6.21. The average Bonchev–Trinajstić information content (AvgIpc) is 3.08. The van der Waals surface area contributed by atoms with Crippen molar-refractivity contribution in [3.63, 3.8) is 0 Å². The topological polar surface area (TPSA) is 72.9 Å². The number of carbonyl (C=O) groups is 3. The maximum atomic E-state index is 12.5. The quantitative estimate of drug-likeness (QED) is 0.477. The van der Waals surface area contributed by atoms with Crippen molar-refractivity contribution in [2.45, 2.75) is 44.9 Å². The standard InChI is InChI=1S/C19H21NO5/c1-19(2,3)25-16(21)11-24-13-9-8-12(10-13)20-17(22)14-6-4-5-7-15(14)18(20)23/h4-9,12-13H,10-11H2,1-3H3/t12?,13-/m1/s1. The molecule has 0 spiro atoms. The number of hydrogen-bond donors (Lipinski definition) is 0. The van der Waals surface area contributed by atoms with Gasteiger partial charge in [-0.2, -0.15) is 0 Å². The largest absolute Gasteiger partial charge is 0.458 e. The van der Waals surface area contributed by atoms with Crippen LogP contribution in [0.3, 0.4) is 0 Å². The third kappa shape index (κ3) is 3.64. The third-order valence-electron chi connectivity index (χ3n) is 4.01. The fraction of sp³-hybridized carbons (Fsp3) is 0.421. The van der Waals surface area contributed by atoms with E-state index in [2.05, 4.69) is 0 Å². The van der Waals surface area contributed by atoms with Crippen molar-refractivity contribution in [3.05, 3.63) is 47.5 Å². The molecule has 1 aromatic rings. The number of ether oxygens (including phenoxy) is 2. The molecule has 2 amide bonds. The van der Waals surface area contributed by atoms with E-state index in [1.807, 2.05) is 0 Å². The van der Waals surface area contributed by atoms with Crippen LogP contribution in [0.5, 0.6) is 0 Å². The predicted molar refractivity (Wildman–Crippen MR) is 90.1 cm³/mol. The first-order valence-corrected chi connectivity index (χ1v) is 8.25. The van der Waals surface area contributed by atoms with E-state index >= 15 is 0 Å². The Morgan fingerprint density at radius 2 is 1.72 bits per heavy atom. The Bertz CT molecular complexity index is 711. The van der Waals surface area contributed by atoms with Crippen LogP contribution in [0.1, 0.15) is 47.9 Å². The fourth-order valence-corrected chi connectivity index (χ4v) is 3.02. The fourth-order valence-electron chi connectivity index (χ4n) is 3.02. The molecule has 1 aromatic carbocycles. The van der Waals surface area contributed by atoms with Gasteiger partial charge in [-0.05, 0) is 32.9 Å². The molecule has 0 aromatic heterocycles. The number of nitrogens with zero attached hydrogens (tertiary/aromatic N) is 1. The summed E-state index contributed by atoms with van der Waals surface area (Å²) in [5.41, 5.74) is 0.298. The van der Waals surface area contributed by atoms with Gasteiger partial charge in [-0.15, -0.1) is 0 Å². The highest BCUT2D eigenvalue weighted by Crippen LogP contribution is 2.29. The van der Waals surface area contributed by atoms with Gasteiger partial charge >= 0.3 is 5.97 Å². The average molecular weight is 343 g/mol. The Morgan fingerprint density at radius 1 is 1.12 bits per heavy atom. The number of carbonyl (C=O) groups excluding carboxylic acids is 3. The number of imide groups is 1. The Labute approximate surface area is 146 Å². The van der Waals surface area contributed by atoms with Crippen LogP contribution in [0, 0.1) is 0 Å². The Hall–Kier alpha value is -2.47. The molecule has 1 unspecified atom stereocenters. The summed E-state index contributed by atoms with van der Waals surface area (Å²) in [5.74, 6) is -1.02. The van der Waals surface area contributed by atoms with Crippen molar-refractivity contribution in [3.8, 4) is 0 Å². The van der Waals surface area contributed by atoms with Crippen molar-refractivity contribution in [2.75, 3.05) is 6.61 Å². The van der Waals surface area contributed by atoms with E-state index in [-0.39, 0.29) is 30.6 Å². The molecule has 0 N–H and O–H groups in total. The zero-order valence-electron chi connectivity index (χ0n) is 14.5. The van der Waals surface area contributed by atoms with E-state index in [4.69, 9.17) is 9.47 Å². The lowest BCUT2D eigenvalue weighted by Gasteiger charge is -2.22. The lowest BCUT2D eigenvalue weighted by Crippen LogP contribution is -2.38. The van der Waals surface area contributed by atoms with Gasteiger partial charge in [0.05, 0.1) is 23.3 Å². The van der Waals surface area contributed by atoms with Gasteiger partial charge in [-0.1, -0.05) is 24.3 Å². The highest BCUT2D eigenvalue weighted by Gasteiger charge is 2.41. The summed E-state index contributed by atoms with van der Waals surface area (Å²) in [5, 5.41) is 0. The molecule has 1 aliphatic heterocycles. The van der Waals surface area contributed by atoms with Crippen molar-refractivity contribution in [1.29, 1.82) is 0 Å². The number of esters is 1. The maximum absolute atomic E-state index is 12.5. The molecule has 0 fully saturated rings. The van der Waals surface area contributed by atoms with Crippen molar-refractivity contribution < 1.29 is 23.9 Å². The summed E-state index contributed by atoms with van der Waals surface area (Å²) in [7, 11) is 0. The molecule has 1 heterocycles. The molecule has 0 radical (unpaired) electrons. The van der Waals surface area contributed by atoms with Crippen LogP contribution >= 0.6 is 0 Å². The van der Waals surface area contributed by atoms with Crippen LogP contribution in [0.4, 0.5) is 0 Å². The van der Waals surface area contributed by atoms with Gasteiger partial charge in [0.1, 0.15) is 12.2 Å². The molecular formula is C19H21NO5. The van der Waals surface area contributed by atoms with Crippen LogP contribution in [0.15, 0.2) is 36.4 Å². The van der Waals surface area contributed by atoms with Gasteiger partial charge in [0.2, 0.25) is 0 Å². The maximum Gasteiger partial charge on any atom is 0.332 e. The molecule has 3 rings (SSSR count). The molecular weight excluding hydrogens is 322 g/mol. The molecule has 25 heavy (non-hydrogen) atoms. The van der Waals surface area contributed by atoms with Gasteiger partial charge in [-0.3, -0.25) is 14.5 Å². The predicted octanol–water partition coefficient (Wildman–Crippen LogP) is 2.34. The van der Waals surface area contributed by atoms with Crippen LogP contribution in [0.25, 0.3) is 0 Å². The lowest BCUT2D eigenvalue weighted by atomic mass is 10.1. The van der Waals surface area contributed by atoms with Crippen LogP contribution in [-0.4, -0.2) is 47.0 Å². The second kappa shape index (κ2) is 6.44. The number of hydrogen-bond acceptors (Lipinski definition) is 5. The Kier molecular flexibility index (Phi) is 4.47. The number of rotatable bonds is 4. The summed E-state index contributed by atoms with van der Waals surface area (Å²) in [4.78, 5) is 37.9. The van der Waals surface area contributed by atoms with Gasteiger partial charge < -0.3 is 9.47 Å². The van der Waals surface area contributed by atoms with Crippen LogP contribution in [0.2, 0.25) is 0 Å². The second-order valence-electron chi connectivity index (χ2n) is 7.15. The van der Waals surface area contributed by atoms with Gasteiger partial charge in [0, 0.05) is 6.42 Å². The summed E-state index contributed by atoms with van der Waals surface area (Å²) >= 11 is 0. The zero-order chi connectivity index (χ0) is 18.2. The summed E-state index contributed by atoms with van der Waals surface area (Å²) < 4.78 is 10.7. The van der Waals surface area contributed by atoms with E-state index in [9.17, 15) is 14.4 Å². The van der Waals surface area contributed by atoms with Gasteiger partial charge in [0.25, 0.3) is 11.8 Å². The molecule has 132 valence electrons. The minimum Gasteiger partial charge on any atom is -0.458 e. The van der Waals surface area contributed by atoms with E-state index in [1.54, 1.807) is 57.2 Å². The molecule has 2 aliphatic rings. The van der Waals surface area contributed by atoms with Gasteiger partial charge in [-0.25, -0.2) is 4.79 Å². The number of benzene rings is 1. The summed E-state index contributed by atoms with van der Waals surface area (Å²) in [6.45, 7) is 5.21. The van der Waals surface area contributed by atoms with Gasteiger partial charge in [0.15, 0.2) is 0 Å². The number of fused-ring (bicyclic) bond motifs is 1. The molecule has 0 saturated heterocycles. The van der Waals surface area contributed by atoms with Crippen molar-refractivity contribution >= 4 is 17.8 Å². The van der Waals surface area contributed by atoms with E-state index < -0.39 is 11.6 Å². The van der Waals surface area contributed by atoms with Crippen LogP contribution in [-0.2, 0) is 14.3 Å². The van der Waals surface area contributed by atoms with E-state index in [1.165, 1.54) is 4.90 Å². The molecule has 6 heteroatoms. The first-order valence-electron chi connectivity index (χ1n) is 8.25. The molecule has 0 bridgehead atoms. The zero-order valence-corrected chi connectivity index (χ0v) is 14.5. The Balaban J connectivity index is 1.58. The highest BCUT2D eigenvalue weighted by atomic mass is 16.6. The normalized spacial score (nSPS) is 22.4. The first-order chi connectivity index (χ1) is 11.8. The lowest BCUT2D eigenvalue weighted by molar-refractivity contribution is -0.161. The molecule has 0 saturated carbocycles. The second-order valence-corrected chi connectivity index (χ2v) is 7.15. The molecule has 6 nitrogen and oxygen atoms in total. The Morgan fingerprint density at radius 3 is 2.28 bits per heavy atom. The van der Waals surface area contributed by atoms with E-state index in [0.717, 1.165) is 0 Å². The van der Waals surface area contributed by atoms with E-state index in [0.29, 0.717) is 17.5 Å². The third-order valence-corrected chi connectivity index (χ3v) is 4.01. The van der Waals surface area contributed by atoms with Crippen LogP contribution < -0.4 is 0 Å². The smallest absolute Gasteiger partial charge is 0.332 e. The summed E-state index contributed by atoms with van der Waals surface area (Å²) in [6.07, 6.45) is 3.66. The summed E-state index contributed by atoms with van der Waals surface area (Å²) in [6, 6.07) is 6.43. The molecule has 2 atom stereocenters. The molecule has 1 aliphatic carbocycles. The minimum absolute atomic E-state index is 0.166. The monoisotopic (exact) mass is 343 g/mol. The van der Waals surface area contributed by atoms with Crippen molar-refractivity contribution in [1.82, 2.24) is 4.90 Å². The van der Waals surface area contributed by atoms with Crippen molar-refractivity contribution in [2.24, 2.45) is 0 Å².